The number of rotatable bonds is 4. The molecule has 1 aliphatic rings. The maximum absolute atomic E-state index is 12.5. The first-order chi connectivity index (χ1) is 10.4. The molecule has 0 amide bonds. The van der Waals surface area contributed by atoms with Gasteiger partial charge in [0.2, 0.25) is 11.2 Å². The zero-order valence-electron chi connectivity index (χ0n) is 12.7. The van der Waals surface area contributed by atoms with Crippen molar-refractivity contribution in [2.24, 2.45) is 10.8 Å². The average molecular weight is 308 g/mol. The fourth-order valence-electron chi connectivity index (χ4n) is 2.77. The van der Waals surface area contributed by atoms with Crippen LogP contribution in [-0.4, -0.2) is 46.2 Å². The van der Waals surface area contributed by atoms with Gasteiger partial charge in [0, 0.05) is 14.2 Å². The zero-order chi connectivity index (χ0) is 17.0. The Morgan fingerprint density at radius 2 is 1.55 bits per heavy atom. The lowest BCUT2D eigenvalue weighted by molar-refractivity contribution is -0.257. The summed E-state index contributed by atoms with van der Waals surface area (Å²) < 4.78 is 19.8. The second kappa shape index (κ2) is 6.14. The fraction of sp³-hybridized carbons (Fsp3) is 0.571. The summed E-state index contributed by atoms with van der Waals surface area (Å²) in [5, 5.41) is 19.4. The zero-order valence-corrected chi connectivity index (χ0v) is 12.7. The van der Waals surface area contributed by atoms with Crippen molar-refractivity contribution in [3.8, 4) is 12.1 Å². The van der Waals surface area contributed by atoms with Gasteiger partial charge in [0.05, 0.1) is 26.4 Å². The molecule has 0 fully saturated rings. The smallest absolute Gasteiger partial charge is 0.334 e. The van der Waals surface area contributed by atoms with Crippen LogP contribution < -0.4 is 0 Å². The molecular formula is C14H16N2O6. The molecule has 1 aliphatic carbocycles. The van der Waals surface area contributed by atoms with Crippen LogP contribution in [0.1, 0.15) is 6.42 Å². The lowest BCUT2D eigenvalue weighted by Gasteiger charge is -2.48. The third kappa shape index (κ3) is 1.82. The molecule has 0 spiro atoms. The van der Waals surface area contributed by atoms with Crippen LogP contribution in [0.5, 0.6) is 0 Å². The molecule has 2 atom stereocenters. The Labute approximate surface area is 127 Å². The highest BCUT2D eigenvalue weighted by atomic mass is 16.7. The van der Waals surface area contributed by atoms with Gasteiger partial charge in [0.15, 0.2) is 5.41 Å². The van der Waals surface area contributed by atoms with Crippen LogP contribution in [-0.2, 0) is 28.5 Å². The molecule has 8 heteroatoms. The second-order valence-corrected chi connectivity index (χ2v) is 4.54. The summed E-state index contributed by atoms with van der Waals surface area (Å²) in [5.41, 5.74) is -4.57. The standard InChI is InChI=1S/C14H16N2O6/c1-19-10(17)12(8-15)6-5-7-14(21-3,22-4)13(12,9-16)11(18)20-2/h5,7H,6H2,1-4H3. The van der Waals surface area contributed by atoms with Crippen molar-refractivity contribution in [3.05, 3.63) is 12.2 Å². The minimum Gasteiger partial charge on any atom is -0.468 e. The Hall–Kier alpha value is -2.42. The highest BCUT2D eigenvalue weighted by Crippen LogP contribution is 2.55. The number of hydrogen-bond acceptors (Lipinski definition) is 8. The predicted octanol–water partition coefficient (Wildman–Crippen LogP) is 0.301. The van der Waals surface area contributed by atoms with Gasteiger partial charge in [-0.25, -0.2) is 0 Å². The van der Waals surface area contributed by atoms with Gasteiger partial charge in [-0.05, 0) is 12.5 Å². The Balaban J connectivity index is 3.91. The number of nitrogens with zero attached hydrogens (tertiary/aromatic N) is 2. The summed E-state index contributed by atoms with van der Waals surface area (Å²) in [7, 11) is 4.47. The number of methoxy groups -OCH3 is 4. The first-order valence-corrected chi connectivity index (χ1v) is 6.19. The van der Waals surface area contributed by atoms with E-state index < -0.39 is 28.6 Å². The minimum absolute atomic E-state index is 0.229. The van der Waals surface area contributed by atoms with Crippen molar-refractivity contribution in [1.82, 2.24) is 0 Å². The number of carbonyl (C=O) groups is 2. The van der Waals surface area contributed by atoms with Crippen LogP contribution in [0, 0.1) is 33.5 Å². The molecule has 0 saturated carbocycles. The molecular weight excluding hydrogens is 292 g/mol. The van der Waals surface area contributed by atoms with E-state index in [2.05, 4.69) is 9.47 Å². The van der Waals surface area contributed by atoms with Crippen molar-refractivity contribution in [2.75, 3.05) is 28.4 Å². The molecule has 0 heterocycles. The highest BCUT2D eigenvalue weighted by Gasteiger charge is 2.76. The van der Waals surface area contributed by atoms with E-state index >= 15 is 0 Å². The van der Waals surface area contributed by atoms with Crippen LogP contribution in [0.25, 0.3) is 0 Å². The Kier molecular flexibility index (Phi) is 4.92. The molecule has 0 N–H and O–H groups in total. The number of allylic oxidation sites excluding steroid dienone is 1. The first kappa shape index (κ1) is 17.6. The van der Waals surface area contributed by atoms with E-state index in [9.17, 15) is 20.1 Å². The molecule has 22 heavy (non-hydrogen) atoms. The quantitative estimate of drug-likeness (QED) is 0.413. The van der Waals surface area contributed by atoms with Gasteiger partial charge >= 0.3 is 11.9 Å². The molecule has 1 rings (SSSR count). The van der Waals surface area contributed by atoms with E-state index in [0.717, 1.165) is 14.2 Å². The van der Waals surface area contributed by atoms with Crippen LogP contribution in [0.3, 0.4) is 0 Å². The SMILES string of the molecule is COC(=O)C1(C#N)CC=CC(OC)(OC)C1(C#N)C(=O)OC. The lowest BCUT2D eigenvalue weighted by atomic mass is 9.55. The molecule has 0 bridgehead atoms. The molecule has 0 aromatic carbocycles. The monoisotopic (exact) mass is 308 g/mol. The third-order valence-electron chi connectivity index (χ3n) is 3.91. The molecule has 0 radical (unpaired) electrons. The van der Waals surface area contributed by atoms with E-state index in [-0.39, 0.29) is 6.42 Å². The third-order valence-corrected chi connectivity index (χ3v) is 3.91. The Morgan fingerprint density at radius 1 is 1.00 bits per heavy atom. The molecule has 0 aromatic rings. The number of ether oxygens (including phenoxy) is 4. The van der Waals surface area contributed by atoms with Crippen LogP contribution >= 0.6 is 0 Å². The summed E-state index contributed by atoms with van der Waals surface area (Å²) >= 11 is 0. The van der Waals surface area contributed by atoms with E-state index in [1.54, 1.807) is 12.1 Å². The highest BCUT2D eigenvalue weighted by molar-refractivity contribution is 5.95. The number of carbonyl (C=O) groups excluding carboxylic acids is 2. The van der Waals surface area contributed by atoms with E-state index in [1.807, 2.05) is 0 Å². The molecule has 2 unspecified atom stereocenters. The predicted molar refractivity (Wildman–Crippen MR) is 70.6 cm³/mol. The summed E-state index contributed by atoms with van der Waals surface area (Å²) in [6.45, 7) is 0. The van der Waals surface area contributed by atoms with Crippen molar-refractivity contribution >= 4 is 11.9 Å². The summed E-state index contributed by atoms with van der Waals surface area (Å²) in [4.78, 5) is 24.7. The average Bonchev–Trinajstić information content (AvgIpc) is 2.58. The molecule has 8 nitrogen and oxygen atoms in total. The first-order valence-electron chi connectivity index (χ1n) is 6.19. The van der Waals surface area contributed by atoms with Gasteiger partial charge in [0.25, 0.3) is 0 Å². The van der Waals surface area contributed by atoms with E-state index in [1.165, 1.54) is 26.4 Å². The number of nitriles is 2. The van der Waals surface area contributed by atoms with E-state index in [4.69, 9.17) is 9.47 Å². The van der Waals surface area contributed by atoms with Crippen LogP contribution in [0.2, 0.25) is 0 Å². The van der Waals surface area contributed by atoms with Crippen molar-refractivity contribution < 1.29 is 28.5 Å². The summed E-state index contributed by atoms with van der Waals surface area (Å²) in [6.07, 6.45) is 2.50. The van der Waals surface area contributed by atoms with Gasteiger partial charge in [-0.15, -0.1) is 0 Å². The maximum atomic E-state index is 12.5. The van der Waals surface area contributed by atoms with E-state index in [0.29, 0.717) is 0 Å². The summed E-state index contributed by atoms with van der Waals surface area (Å²) in [5.74, 6) is -4.16. The van der Waals surface area contributed by atoms with Gasteiger partial charge in [-0.2, -0.15) is 10.5 Å². The molecule has 0 aromatic heterocycles. The van der Waals surface area contributed by atoms with Crippen LogP contribution in [0.4, 0.5) is 0 Å². The minimum atomic E-state index is -2.39. The maximum Gasteiger partial charge on any atom is 0.334 e. The van der Waals surface area contributed by atoms with Gasteiger partial charge in [-0.1, -0.05) is 6.08 Å². The van der Waals surface area contributed by atoms with Gasteiger partial charge in [-0.3, -0.25) is 9.59 Å². The van der Waals surface area contributed by atoms with Gasteiger partial charge < -0.3 is 18.9 Å². The Morgan fingerprint density at radius 3 is 1.91 bits per heavy atom. The molecule has 0 aliphatic heterocycles. The Bertz CT molecular complexity index is 583. The number of esters is 2. The van der Waals surface area contributed by atoms with Crippen LogP contribution in [0.15, 0.2) is 12.2 Å². The second-order valence-electron chi connectivity index (χ2n) is 4.54. The normalized spacial score (nSPS) is 29.0. The largest absolute Gasteiger partial charge is 0.468 e. The summed E-state index contributed by atoms with van der Waals surface area (Å²) in [6, 6.07) is 3.46. The number of hydrogen-bond donors (Lipinski definition) is 0. The van der Waals surface area contributed by atoms with Gasteiger partial charge in [0.1, 0.15) is 0 Å². The topological polar surface area (TPSA) is 119 Å². The van der Waals surface area contributed by atoms with Crippen molar-refractivity contribution in [2.45, 2.75) is 12.2 Å². The van der Waals surface area contributed by atoms with Crippen molar-refractivity contribution in [1.29, 1.82) is 10.5 Å². The van der Waals surface area contributed by atoms with Crippen molar-refractivity contribution in [3.63, 3.8) is 0 Å². The molecule has 0 saturated heterocycles. The fourth-order valence-corrected chi connectivity index (χ4v) is 2.77. The lowest BCUT2D eigenvalue weighted by Crippen LogP contribution is -2.66. The molecule has 118 valence electrons.